The molecule has 1 aromatic rings. The van der Waals surface area contributed by atoms with Crippen molar-refractivity contribution < 1.29 is 14.3 Å². The highest BCUT2D eigenvalue weighted by atomic mass is 16.5. The fourth-order valence-corrected chi connectivity index (χ4v) is 3.02. The van der Waals surface area contributed by atoms with Crippen LogP contribution in [0.1, 0.15) is 31.2 Å². The monoisotopic (exact) mass is 306 g/mol. The largest absolute Gasteiger partial charge is 0.497 e. The molecule has 0 radical (unpaired) electrons. The third-order valence-electron chi connectivity index (χ3n) is 4.41. The lowest BCUT2D eigenvalue weighted by atomic mass is 9.99. The third kappa shape index (κ3) is 4.13. The summed E-state index contributed by atoms with van der Waals surface area (Å²) < 4.78 is 10.5. The first-order valence-electron chi connectivity index (χ1n) is 7.75. The van der Waals surface area contributed by atoms with Crippen LogP contribution in [-0.2, 0) is 11.3 Å². The Labute approximate surface area is 132 Å². The van der Waals surface area contributed by atoms with E-state index in [1.165, 1.54) is 0 Å². The zero-order valence-corrected chi connectivity index (χ0v) is 13.7. The Kier molecular flexibility index (Phi) is 5.66. The molecule has 1 saturated carbocycles. The van der Waals surface area contributed by atoms with E-state index in [2.05, 4.69) is 0 Å². The van der Waals surface area contributed by atoms with Crippen LogP contribution >= 0.6 is 0 Å². The molecule has 1 aromatic carbocycles. The molecule has 5 nitrogen and oxygen atoms in total. The SMILES string of the molecule is COc1cc(CN(C)C(=O)C[C@@H]2CCC[C@H]2N)cc(OC)c1. The predicted molar refractivity (Wildman–Crippen MR) is 86.0 cm³/mol. The molecule has 2 rings (SSSR count). The minimum atomic E-state index is 0.143. The highest BCUT2D eigenvalue weighted by molar-refractivity contribution is 5.76. The Morgan fingerprint density at radius 2 is 1.86 bits per heavy atom. The summed E-state index contributed by atoms with van der Waals surface area (Å²) in [5.41, 5.74) is 7.04. The number of methoxy groups -OCH3 is 2. The zero-order chi connectivity index (χ0) is 16.1. The van der Waals surface area contributed by atoms with Gasteiger partial charge in [-0.15, -0.1) is 0 Å². The van der Waals surface area contributed by atoms with Gasteiger partial charge in [-0.3, -0.25) is 4.79 Å². The maximum Gasteiger partial charge on any atom is 0.222 e. The van der Waals surface area contributed by atoms with Gasteiger partial charge >= 0.3 is 0 Å². The van der Waals surface area contributed by atoms with Gasteiger partial charge in [0.1, 0.15) is 11.5 Å². The Morgan fingerprint density at radius 3 is 2.36 bits per heavy atom. The lowest BCUT2D eigenvalue weighted by Gasteiger charge is -2.21. The van der Waals surface area contributed by atoms with Crippen LogP contribution in [-0.4, -0.2) is 38.1 Å². The molecule has 0 aromatic heterocycles. The molecule has 1 aliphatic rings. The van der Waals surface area contributed by atoms with Gasteiger partial charge in [0.15, 0.2) is 0 Å². The van der Waals surface area contributed by atoms with Crippen molar-refractivity contribution in [2.45, 2.75) is 38.3 Å². The van der Waals surface area contributed by atoms with Crippen molar-refractivity contribution in [2.24, 2.45) is 11.7 Å². The van der Waals surface area contributed by atoms with Crippen LogP contribution in [0, 0.1) is 5.92 Å². The van der Waals surface area contributed by atoms with Crippen LogP contribution in [0.4, 0.5) is 0 Å². The molecule has 5 heteroatoms. The standard InChI is InChI=1S/C17H26N2O3/c1-19(17(20)9-13-5-4-6-16(13)18)11-12-7-14(21-2)10-15(8-12)22-3/h7-8,10,13,16H,4-6,9,11,18H2,1-3H3/t13-,16+/m0/s1. The summed E-state index contributed by atoms with van der Waals surface area (Å²) in [6.07, 6.45) is 3.77. The van der Waals surface area contributed by atoms with Gasteiger partial charge in [-0.1, -0.05) is 6.42 Å². The average Bonchev–Trinajstić information content (AvgIpc) is 2.91. The molecule has 0 heterocycles. The van der Waals surface area contributed by atoms with Crippen molar-refractivity contribution in [1.29, 1.82) is 0 Å². The lowest BCUT2D eigenvalue weighted by Crippen LogP contribution is -2.32. The summed E-state index contributed by atoms with van der Waals surface area (Å²) in [6, 6.07) is 5.85. The van der Waals surface area contributed by atoms with Crippen molar-refractivity contribution in [2.75, 3.05) is 21.3 Å². The highest BCUT2D eigenvalue weighted by Crippen LogP contribution is 2.28. The van der Waals surface area contributed by atoms with E-state index in [0.29, 0.717) is 18.9 Å². The number of benzene rings is 1. The van der Waals surface area contributed by atoms with Crippen molar-refractivity contribution in [1.82, 2.24) is 4.90 Å². The molecule has 1 amide bonds. The fraction of sp³-hybridized carbons (Fsp3) is 0.588. The summed E-state index contributed by atoms with van der Waals surface area (Å²) >= 11 is 0. The first-order chi connectivity index (χ1) is 10.5. The summed E-state index contributed by atoms with van der Waals surface area (Å²) in [5.74, 6) is 1.93. The molecular formula is C17H26N2O3. The fourth-order valence-electron chi connectivity index (χ4n) is 3.02. The summed E-state index contributed by atoms with van der Waals surface area (Å²) in [5, 5.41) is 0. The number of nitrogens with two attached hydrogens (primary N) is 1. The molecule has 0 saturated heterocycles. The van der Waals surface area contributed by atoms with Crippen LogP contribution in [0.3, 0.4) is 0 Å². The van der Waals surface area contributed by atoms with Crippen LogP contribution in [0.15, 0.2) is 18.2 Å². The minimum Gasteiger partial charge on any atom is -0.497 e. The van der Waals surface area contributed by atoms with E-state index in [9.17, 15) is 4.79 Å². The number of carbonyl (C=O) groups excluding carboxylic acids is 1. The van der Waals surface area contributed by atoms with Gasteiger partial charge in [-0.2, -0.15) is 0 Å². The van der Waals surface area contributed by atoms with E-state index in [4.69, 9.17) is 15.2 Å². The Morgan fingerprint density at radius 1 is 1.23 bits per heavy atom. The molecule has 0 unspecified atom stereocenters. The summed E-state index contributed by atoms with van der Waals surface area (Å²) in [7, 11) is 5.07. The van der Waals surface area contributed by atoms with Crippen LogP contribution in [0.5, 0.6) is 11.5 Å². The van der Waals surface area contributed by atoms with Crippen molar-refractivity contribution in [3.63, 3.8) is 0 Å². The van der Waals surface area contributed by atoms with E-state index < -0.39 is 0 Å². The van der Waals surface area contributed by atoms with Crippen molar-refractivity contribution in [3.8, 4) is 11.5 Å². The van der Waals surface area contributed by atoms with Gasteiger partial charge in [0, 0.05) is 32.1 Å². The van der Waals surface area contributed by atoms with Crippen molar-refractivity contribution >= 4 is 5.91 Å². The molecule has 2 atom stereocenters. The first-order valence-corrected chi connectivity index (χ1v) is 7.75. The molecular weight excluding hydrogens is 280 g/mol. The zero-order valence-electron chi connectivity index (χ0n) is 13.7. The lowest BCUT2D eigenvalue weighted by molar-refractivity contribution is -0.131. The molecule has 122 valence electrons. The predicted octanol–water partition coefficient (Wildman–Crippen LogP) is 2.18. The van der Waals surface area contributed by atoms with Gasteiger partial charge in [0.05, 0.1) is 14.2 Å². The maximum absolute atomic E-state index is 12.4. The number of carbonyl (C=O) groups is 1. The minimum absolute atomic E-state index is 0.143. The number of hydrogen-bond acceptors (Lipinski definition) is 4. The number of nitrogens with zero attached hydrogens (tertiary/aromatic N) is 1. The maximum atomic E-state index is 12.4. The molecule has 0 bridgehead atoms. The number of amides is 1. The average molecular weight is 306 g/mol. The van der Waals surface area contributed by atoms with Crippen LogP contribution < -0.4 is 15.2 Å². The van der Waals surface area contributed by atoms with E-state index in [-0.39, 0.29) is 11.9 Å². The van der Waals surface area contributed by atoms with Crippen LogP contribution in [0.25, 0.3) is 0 Å². The summed E-state index contributed by atoms with van der Waals surface area (Å²) in [4.78, 5) is 14.1. The quantitative estimate of drug-likeness (QED) is 0.875. The van der Waals surface area contributed by atoms with Gasteiger partial charge in [-0.05, 0) is 36.5 Å². The Hall–Kier alpha value is -1.75. The number of ether oxygens (including phenoxy) is 2. The molecule has 2 N–H and O–H groups in total. The molecule has 22 heavy (non-hydrogen) atoms. The Bertz CT molecular complexity index is 496. The highest BCUT2D eigenvalue weighted by Gasteiger charge is 2.27. The topological polar surface area (TPSA) is 64.8 Å². The number of hydrogen-bond donors (Lipinski definition) is 1. The second kappa shape index (κ2) is 7.49. The van der Waals surface area contributed by atoms with E-state index in [0.717, 1.165) is 36.3 Å². The second-order valence-corrected chi connectivity index (χ2v) is 6.03. The normalized spacial score (nSPS) is 20.7. The molecule has 1 aliphatic carbocycles. The van der Waals surface area contributed by atoms with Gasteiger partial charge in [-0.25, -0.2) is 0 Å². The van der Waals surface area contributed by atoms with E-state index in [1.807, 2.05) is 25.2 Å². The van der Waals surface area contributed by atoms with Crippen molar-refractivity contribution in [3.05, 3.63) is 23.8 Å². The van der Waals surface area contributed by atoms with E-state index in [1.54, 1.807) is 19.1 Å². The van der Waals surface area contributed by atoms with E-state index >= 15 is 0 Å². The van der Waals surface area contributed by atoms with Gasteiger partial charge in [0.2, 0.25) is 5.91 Å². The summed E-state index contributed by atoms with van der Waals surface area (Å²) in [6.45, 7) is 0.536. The Balaban J connectivity index is 1.98. The molecule has 1 fully saturated rings. The second-order valence-electron chi connectivity index (χ2n) is 6.03. The molecule has 0 aliphatic heterocycles. The van der Waals surface area contributed by atoms with Crippen LogP contribution in [0.2, 0.25) is 0 Å². The third-order valence-corrected chi connectivity index (χ3v) is 4.41. The smallest absolute Gasteiger partial charge is 0.222 e. The van der Waals surface area contributed by atoms with Gasteiger partial charge < -0.3 is 20.1 Å². The number of rotatable bonds is 6. The molecule has 0 spiro atoms. The first kappa shape index (κ1) is 16.6. The van der Waals surface area contributed by atoms with Gasteiger partial charge in [0.25, 0.3) is 0 Å².